The normalized spacial score (nSPS) is 12.7. The molecule has 0 atom stereocenters. The highest BCUT2D eigenvalue weighted by Crippen LogP contribution is 2.45. The minimum absolute atomic E-state index is 0.0341. The van der Waals surface area contributed by atoms with Gasteiger partial charge in [-0.25, -0.2) is 0 Å². The van der Waals surface area contributed by atoms with Crippen molar-refractivity contribution in [3.05, 3.63) is 60.2 Å². The van der Waals surface area contributed by atoms with Crippen LogP contribution in [0.15, 0.2) is 64.4 Å². The standard InChI is InChI=1S/C16H13NOS/c1-2-6-13(18)11-7-5-10-15-16(11)17-12-8-3-4-9-14(12)19-15/h2-10,17H,1H3. The maximum Gasteiger partial charge on any atom is 0.187 e. The van der Waals surface area contributed by atoms with Crippen LogP contribution >= 0.6 is 11.8 Å². The van der Waals surface area contributed by atoms with E-state index in [2.05, 4.69) is 11.4 Å². The number of allylic oxidation sites excluding steroid dienone is 2. The molecule has 3 rings (SSSR count). The largest absolute Gasteiger partial charge is 0.353 e. The molecular formula is C16H13NOS. The first kappa shape index (κ1) is 12.1. The van der Waals surface area contributed by atoms with Gasteiger partial charge in [0.25, 0.3) is 0 Å². The van der Waals surface area contributed by atoms with Gasteiger partial charge in [0.15, 0.2) is 5.78 Å². The van der Waals surface area contributed by atoms with Crippen molar-refractivity contribution >= 4 is 28.9 Å². The lowest BCUT2D eigenvalue weighted by molar-refractivity contribution is 0.104. The maximum atomic E-state index is 12.1. The molecular weight excluding hydrogens is 254 g/mol. The Morgan fingerprint density at radius 3 is 2.74 bits per heavy atom. The highest BCUT2D eigenvalue weighted by atomic mass is 32.2. The number of carbonyl (C=O) groups is 1. The molecule has 0 aromatic heterocycles. The van der Waals surface area contributed by atoms with Crippen molar-refractivity contribution in [1.29, 1.82) is 0 Å². The van der Waals surface area contributed by atoms with E-state index in [1.807, 2.05) is 43.3 Å². The van der Waals surface area contributed by atoms with Gasteiger partial charge in [0.2, 0.25) is 0 Å². The second-order valence-electron chi connectivity index (χ2n) is 4.27. The van der Waals surface area contributed by atoms with Gasteiger partial charge in [-0.2, -0.15) is 0 Å². The summed E-state index contributed by atoms with van der Waals surface area (Å²) in [6, 6.07) is 14.0. The van der Waals surface area contributed by atoms with E-state index in [1.165, 1.54) is 4.90 Å². The third kappa shape index (κ3) is 2.17. The fourth-order valence-corrected chi connectivity index (χ4v) is 3.13. The van der Waals surface area contributed by atoms with Crippen molar-refractivity contribution in [3.63, 3.8) is 0 Å². The van der Waals surface area contributed by atoms with Crippen LogP contribution in [0.3, 0.4) is 0 Å². The molecule has 1 aliphatic heterocycles. The molecule has 3 heteroatoms. The highest BCUT2D eigenvalue weighted by molar-refractivity contribution is 7.99. The van der Waals surface area contributed by atoms with E-state index >= 15 is 0 Å². The molecule has 0 aliphatic carbocycles. The molecule has 1 N–H and O–H groups in total. The molecule has 0 radical (unpaired) electrons. The first-order valence-corrected chi connectivity index (χ1v) is 6.95. The summed E-state index contributed by atoms with van der Waals surface area (Å²) in [7, 11) is 0. The predicted molar refractivity (Wildman–Crippen MR) is 79.4 cm³/mol. The second-order valence-corrected chi connectivity index (χ2v) is 5.35. The van der Waals surface area contributed by atoms with Crippen LogP contribution in [0.2, 0.25) is 0 Å². The molecule has 1 aliphatic rings. The number of anilines is 2. The number of hydrogen-bond donors (Lipinski definition) is 1. The third-order valence-corrected chi connectivity index (χ3v) is 4.11. The number of benzene rings is 2. The zero-order valence-corrected chi connectivity index (χ0v) is 11.3. The summed E-state index contributed by atoms with van der Waals surface area (Å²) >= 11 is 1.69. The number of para-hydroxylation sites is 2. The van der Waals surface area contributed by atoms with E-state index in [9.17, 15) is 4.79 Å². The summed E-state index contributed by atoms with van der Waals surface area (Å²) in [5.41, 5.74) is 2.69. The molecule has 0 unspecified atom stereocenters. The van der Waals surface area contributed by atoms with Crippen LogP contribution in [0, 0.1) is 0 Å². The Kier molecular flexibility index (Phi) is 3.13. The van der Waals surface area contributed by atoms with Crippen LogP contribution in [0.25, 0.3) is 0 Å². The summed E-state index contributed by atoms with van der Waals surface area (Å²) in [6.45, 7) is 1.85. The molecule has 19 heavy (non-hydrogen) atoms. The van der Waals surface area contributed by atoms with Gasteiger partial charge in [-0.3, -0.25) is 4.79 Å². The number of hydrogen-bond acceptors (Lipinski definition) is 3. The van der Waals surface area contributed by atoms with Crippen LogP contribution in [-0.2, 0) is 0 Å². The molecule has 0 saturated heterocycles. The Bertz CT molecular complexity index is 676. The van der Waals surface area contributed by atoms with Gasteiger partial charge in [-0.1, -0.05) is 36.0 Å². The molecule has 2 nitrogen and oxygen atoms in total. The van der Waals surface area contributed by atoms with E-state index in [0.29, 0.717) is 0 Å². The lowest BCUT2D eigenvalue weighted by Crippen LogP contribution is -2.06. The fourth-order valence-electron chi connectivity index (χ4n) is 2.10. The summed E-state index contributed by atoms with van der Waals surface area (Å²) < 4.78 is 0. The van der Waals surface area contributed by atoms with Crippen molar-refractivity contribution in [2.45, 2.75) is 16.7 Å². The lowest BCUT2D eigenvalue weighted by atomic mass is 10.1. The van der Waals surface area contributed by atoms with Crippen LogP contribution < -0.4 is 5.32 Å². The van der Waals surface area contributed by atoms with Crippen molar-refractivity contribution in [2.75, 3.05) is 5.32 Å². The second kappa shape index (κ2) is 4.94. The summed E-state index contributed by atoms with van der Waals surface area (Å²) in [4.78, 5) is 14.4. The van der Waals surface area contributed by atoms with Crippen LogP contribution in [0.4, 0.5) is 11.4 Å². The maximum absolute atomic E-state index is 12.1. The van der Waals surface area contributed by atoms with Gasteiger partial charge in [-0.15, -0.1) is 0 Å². The third-order valence-electron chi connectivity index (χ3n) is 2.98. The van der Waals surface area contributed by atoms with E-state index in [0.717, 1.165) is 21.8 Å². The van der Waals surface area contributed by atoms with Gasteiger partial charge >= 0.3 is 0 Å². The average molecular weight is 267 g/mol. The zero-order chi connectivity index (χ0) is 13.2. The van der Waals surface area contributed by atoms with Crippen LogP contribution in [0.5, 0.6) is 0 Å². The summed E-state index contributed by atoms with van der Waals surface area (Å²) in [5, 5.41) is 3.37. The quantitative estimate of drug-likeness (QED) is 0.541. The van der Waals surface area contributed by atoms with E-state index in [1.54, 1.807) is 23.9 Å². The van der Waals surface area contributed by atoms with Gasteiger partial charge in [-0.05, 0) is 37.3 Å². The molecule has 0 saturated carbocycles. The molecule has 0 bridgehead atoms. The van der Waals surface area contributed by atoms with E-state index in [-0.39, 0.29) is 5.78 Å². The molecule has 2 aromatic carbocycles. The number of carbonyl (C=O) groups excluding carboxylic acids is 1. The number of nitrogens with one attached hydrogen (secondary N) is 1. The lowest BCUT2D eigenvalue weighted by Gasteiger charge is -2.22. The fraction of sp³-hybridized carbons (Fsp3) is 0.0625. The number of ketones is 1. The monoisotopic (exact) mass is 267 g/mol. The summed E-state index contributed by atoms with van der Waals surface area (Å²) in [6.07, 6.45) is 3.37. The minimum atomic E-state index is 0.0341. The van der Waals surface area contributed by atoms with Gasteiger partial charge in [0.05, 0.1) is 11.4 Å². The SMILES string of the molecule is CC=CC(=O)c1cccc2c1Nc1ccccc1S2. The van der Waals surface area contributed by atoms with Crippen LogP contribution in [0.1, 0.15) is 17.3 Å². The topological polar surface area (TPSA) is 29.1 Å². The van der Waals surface area contributed by atoms with Gasteiger partial charge in [0.1, 0.15) is 0 Å². The van der Waals surface area contributed by atoms with Gasteiger partial charge < -0.3 is 5.32 Å². The Morgan fingerprint density at radius 1 is 1.11 bits per heavy atom. The van der Waals surface area contributed by atoms with E-state index in [4.69, 9.17) is 0 Å². The molecule has 94 valence electrons. The molecule has 1 heterocycles. The Morgan fingerprint density at radius 2 is 1.89 bits per heavy atom. The van der Waals surface area contributed by atoms with Crippen molar-refractivity contribution in [1.82, 2.24) is 0 Å². The Labute approximate surface area is 116 Å². The molecule has 2 aromatic rings. The zero-order valence-electron chi connectivity index (χ0n) is 10.5. The highest BCUT2D eigenvalue weighted by Gasteiger charge is 2.19. The first-order chi connectivity index (χ1) is 9.29. The van der Waals surface area contributed by atoms with Crippen molar-refractivity contribution in [3.8, 4) is 0 Å². The van der Waals surface area contributed by atoms with E-state index < -0.39 is 0 Å². The Hall–Kier alpha value is -2.00. The molecule has 0 fully saturated rings. The molecule has 0 spiro atoms. The Balaban J connectivity index is 2.08. The smallest absolute Gasteiger partial charge is 0.187 e. The predicted octanol–water partition coefficient (Wildman–Crippen LogP) is 4.65. The first-order valence-electron chi connectivity index (χ1n) is 6.13. The average Bonchev–Trinajstić information content (AvgIpc) is 2.44. The minimum Gasteiger partial charge on any atom is -0.353 e. The number of rotatable bonds is 2. The van der Waals surface area contributed by atoms with Crippen molar-refractivity contribution in [2.24, 2.45) is 0 Å². The summed E-state index contributed by atoms with van der Waals surface area (Å²) in [5.74, 6) is 0.0341. The number of fused-ring (bicyclic) bond motifs is 2. The van der Waals surface area contributed by atoms with Gasteiger partial charge in [0, 0.05) is 15.4 Å². The van der Waals surface area contributed by atoms with Crippen LogP contribution in [-0.4, -0.2) is 5.78 Å². The van der Waals surface area contributed by atoms with Crippen molar-refractivity contribution < 1.29 is 4.79 Å². The molecule has 0 amide bonds.